The summed E-state index contributed by atoms with van der Waals surface area (Å²) in [5.41, 5.74) is 7.46. The van der Waals surface area contributed by atoms with Gasteiger partial charge in [-0.2, -0.15) is 0 Å². The summed E-state index contributed by atoms with van der Waals surface area (Å²) in [5, 5.41) is 13.0. The van der Waals surface area contributed by atoms with E-state index in [1.165, 1.54) is 0 Å². The van der Waals surface area contributed by atoms with Crippen molar-refractivity contribution in [3.8, 4) is 11.6 Å². The average molecular weight is 678 g/mol. The number of thiazole rings is 1. The lowest BCUT2D eigenvalue weighted by Gasteiger charge is -2.37. The first kappa shape index (κ1) is 32.6. The van der Waals surface area contributed by atoms with Crippen molar-refractivity contribution in [2.45, 2.75) is 12.0 Å². The quantitative estimate of drug-likeness (QED) is 0.0728. The van der Waals surface area contributed by atoms with Gasteiger partial charge in [0, 0.05) is 11.8 Å². The number of aromatic nitrogens is 2. The van der Waals surface area contributed by atoms with E-state index in [0.717, 1.165) is 44.5 Å². The number of hydrogen-bond donors (Lipinski definition) is 2. The number of para-hydroxylation sites is 1. The van der Waals surface area contributed by atoms with Crippen LogP contribution in [0.4, 0.5) is 0 Å². The number of hydroxylamine groups is 1. The van der Waals surface area contributed by atoms with Crippen LogP contribution in [0, 0.1) is 0 Å². The number of aromatic hydroxyl groups is 1. The van der Waals surface area contributed by atoms with Crippen LogP contribution in [0.25, 0.3) is 16.6 Å². The number of hydrogen-bond acceptors (Lipinski definition) is 7. The Morgan fingerprint density at radius 2 is 1.32 bits per heavy atom. The van der Waals surface area contributed by atoms with Crippen LogP contribution in [0.1, 0.15) is 32.8 Å². The standard InChI is InChI=1S/C42H35N3O4S/c1-30(37-26-23-32-13-11-12-20-38(32)43-37)44-49-28-27-48-36-24-21-31(22-25-36)29-39-40(46)45(41(47)50-39)42(33-14-5-2-6-15-33,34-16-7-3-8-17-34)35-18-9-4-10-19-35/h2-26,44,46H,1,27-29H2. The van der Waals surface area contributed by atoms with Gasteiger partial charge in [-0.1, -0.05) is 145 Å². The summed E-state index contributed by atoms with van der Waals surface area (Å²) in [6.45, 7) is 4.63. The van der Waals surface area contributed by atoms with Gasteiger partial charge < -0.3 is 9.84 Å². The molecule has 0 unspecified atom stereocenters. The zero-order valence-corrected chi connectivity index (χ0v) is 28.1. The highest BCUT2D eigenvalue weighted by atomic mass is 32.1. The minimum absolute atomic E-state index is 0.0537. The summed E-state index contributed by atoms with van der Waals surface area (Å²) >= 11 is 1.06. The molecule has 50 heavy (non-hydrogen) atoms. The monoisotopic (exact) mass is 677 g/mol. The van der Waals surface area contributed by atoms with E-state index >= 15 is 0 Å². The van der Waals surface area contributed by atoms with E-state index in [0.29, 0.717) is 35.0 Å². The van der Waals surface area contributed by atoms with Crippen molar-refractivity contribution in [1.82, 2.24) is 15.0 Å². The fraction of sp³-hybridized carbons (Fsp3) is 0.0952. The smallest absolute Gasteiger partial charge is 0.311 e. The Morgan fingerprint density at radius 3 is 1.94 bits per heavy atom. The van der Waals surface area contributed by atoms with E-state index in [4.69, 9.17) is 9.57 Å². The molecule has 0 fully saturated rings. The molecule has 0 bridgehead atoms. The van der Waals surface area contributed by atoms with Crippen LogP contribution in [-0.4, -0.2) is 27.9 Å². The van der Waals surface area contributed by atoms with E-state index in [2.05, 4.69) is 17.0 Å². The van der Waals surface area contributed by atoms with Gasteiger partial charge in [0.05, 0.1) is 21.8 Å². The van der Waals surface area contributed by atoms with Crippen molar-refractivity contribution < 1.29 is 14.7 Å². The molecule has 0 spiro atoms. The van der Waals surface area contributed by atoms with E-state index in [1.54, 1.807) is 4.57 Å². The molecule has 8 heteroatoms. The Balaban J connectivity index is 1.05. The molecular formula is C42H35N3O4S. The fourth-order valence-electron chi connectivity index (χ4n) is 6.26. The largest absolute Gasteiger partial charge is 0.494 e. The molecule has 7 aromatic rings. The first-order valence-corrected chi connectivity index (χ1v) is 17.1. The maximum Gasteiger partial charge on any atom is 0.311 e. The molecule has 5 aromatic carbocycles. The Labute approximate surface area is 294 Å². The highest BCUT2D eigenvalue weighted by Crippen LogP contribution is 2.43. The molecule has 248 valence electrons. The van der Waals surface area contributed by atoms with Gasteiger partial charge in [-0.25, -0.2) is 4.98 Å². The Bertz CT molecular complexity index is 2170. The van der Waals surface area contributed by atoms with Crippen LogP contribution in [0.2, 0.25) is 0 Å². The SMILES string of the molecule is C=C(NOCCOc1ccc(Cc2sc(=O)n(C(c3ccccc3)(c3ccccc3)c3ccccc3)c2O)cc1)c1ccc2ccccc2n1. The molecule has 2 aromatic heterocycles. The van der Waals surface area contributed by atoms with Gasteiger partial charge in [-0.15, -0.1) is 0 Å². The van der Waals surface area contributed by atoms with Crippen molar-refractivity contribution in [2.75, 3.05) is 13.2 Å². The van der Waals surface area contributed by atoms with Gasteiger partial charge in [0.25, 0.3) is 0 Å². The zero-order chi connectivity index (χ0) is 34.3. The third-order valence-electron chi connectivity index (χ3n) is 8.61. The predicted molar refractivity (Wildman–Crippen MR) is 199 cm³/mol. The summed E-state index contributed by atoms with van der Waals surface area (Å²) in [7, 11) is 0. The van der Waals surface area contributed by atoms with Crippen molar-refractivity contribution in [3.63, 3.8) is 0 Å². The highest BCUT2D eigenvalue weighted by molar-refractivity contribution is 7.09. The van der Waals surface area contributed by atoms with Gasteiger partial charge >= 0.3 is 4.87 Å². The summed E-state index contributed by atoms with van der Waals surface area (Å²) in [6.07, 6.45) is 0.380. The lowest BCUT2D eigenvalue weighted by Crippen LogP contribution is -2.42. The molecule has 0 aliphatic carbocycles. The van der Waals surface area contributed by atoms with Crippen LogP contribution in [0.5, 0.6) is 11.6 Å². The van der Waals surface area contributed by atoms with E-state index < -0.39 is 5.54 Å². The molecule has 0 aliphatic heterocycles. The van der Waals surface area contributed by atoms with Crippen molar-refractivity contribution in [1.29, 1.82) is 0 Å². The first-order chi connectivity index (χ1) is 24.5. The molecule has 0 atom stereocenters. The maximum absolute atomic E-state index is 14.0. The third kappa shape index (κ3) is 6.54. The second kappa shape index (κ2) is 14.7. The molecule has 7 rings (SSSR count). The Hall–Kier alpha value is -5.96. The molecular weight excluding hydrogens is 643 g/mol. The van der Waals surface area contributed by atoms with E-state index in [1.807, 2.05) is 152 Å². The third-order valence-corrected chi connectivity index (χ3v) is 9.54. The summed E-state index contributed by atoms with van der Waals surface area (Å²) in [5.74, 6) is 0.626. The van der Waals surface area contributed by atoms with Crippen LogP contribution in [0.15, 0.2) is 163 Å². The minimum Gasteiger partial charge on any atom is -0.494 e. The summed E-state index contributed by atoms with van der Waals surface area (Å²) in [4.78, 5) is 24.5. The minimum atomic E-state index is -1.09. The van der Waals surface area contributed by atoms with Gasteiger partial charge in [0.2, 0.25) is 5.88 Å². The Morgan fingerprint density at radius 1 is 0.740 bits per heavy atom. The highest BCUT2D eigenvalue weighted by Gasteiger charge is 2.42. The fourth-order valence-corrected chi connectivity index (χ4v) is 7.21. The second-order valence-electron chi connectivity index (χ2n) is 11.7. The number of nitrogens with one attached hydrogen (secondary N) is 1. The van der Waals surface area contributed by atoms with Crippen LogP contribution < -0.4 is 15.1 Å². The normalized spacial score (nSPS) is 11.4. The lowest BCUT2D eigenvalue weighted by atomic mass is 9.76. The van der Waals surface area contributed by atoms with Gasteiger partial charge in [-0.3, -0.25) is 19.7 Å². The number of fused-ring (bicyclic) bond motifs is 1. The first-order valence-electron chi connectivity index (χ1n) is 16.3. The Kier molecular flexibility index (Phi) is 9.55. The number of benzene rings is 5. The van der Waals surface area contributed by atoms with E-state index in [9.17, 15) is 9.90 Å². The number of pyridine rings is 1. The molecule has 2 N–H and O–H groups in total. The van der Waals surface area contributed by atoms with Gasteiger partial charge in [-0.05, 0) is 46.5 Å². The van der Waals surface area contributed by atoms with Gasteiger partial charge in [0.15, 0.2) is 0 Å². The van der Waals surface area contributed by atoms with Crippen molar-refractivity contribution in [2.24, 2.45) is 0 Å². The maximum atomic E-state index is 14.0. The lowest BCUT2D eigenvalue weighted by molar-refractivity contribution is 0.0540. The van der Waals surface area contributed by atoms with Gasteiger partial charge in [0.1, 0.15) is 24.5 Å². The molecule has 2 heterocycles. The molecule has 0 aliphatic rings. The number of nitrogens with zero attached hydrogens (tertiary/aromatic N) is 2. The topological polar surface area (TPSA) is 85.6 Å². The van der Waals surface area contributed by atoms with E-state index in [-0.39, 0.29) is 17.4 Å². The number of rotatable bonds is 13. The molecule has 0 saturated heterocycles. The molecule has 7 nitrogen and oxygen atoms in total. The van der Waals surface area contributed by atoms with Crippen LogP contribution in [0.3, 0.4) is 0 Å². The van der Waals surface area contributed by atoms with Crippen LogP contribution >= 0.6 is 11.3 Å². The molecule has 0 saturated carbocycles. The average Bonchev–Trinajstić information content (AvgIpc) is 3.45. The molecule has 0 amide bonds. The summed E-state index contributed by atoms with van der Waals surface area (Å²) in [6, 6.07) is 49.0. The number of ether oxygens (including phenoxy) is 1. The molecule has 0 radical (unpaired) electrons. The van der Waals surface area contributed by atoms with Crippen molar-refractivity contribution in [3.05, 3.63) is 201 Å². The zero-order valence-electron chi connectivity index (χ0n) is 27.2. The summed E-state index contributed by atoms with van der Waals surface area (Å²) < 4.78 is 7.43. The predicted octanol–water partition coefficient (Wildman–Crippen LogP) is 8.17. The van der Waals surface area contributed by atoms with Crippen LogP contribution in [-0.2, 0) is 16.8 Å². The second-order valence-corrected chi connectivity index (χ2v) is 12.8. The van der Waals surface area contributed by atoms with Crippen molar-refractivity contribution >= 4 is 27.9 Å².